The van der Waals surface area contributed by atoms with E-state index in [4.69, 9.17) is 11.5 Å². The topological polar surface area (TPSA) is 213 Å². The number of guanidine groups is 2. The maximum absolute atomic E-state index is 13.0. The highest BCUT2D eigenvalue weighted by Crippen LogP contribution is 2.41. The van der Waals surface area contributed by atoms with E-state index in [2.05, 4.69) is 25.9 Å². The zero-order chi connectivity index (χ0) is 27.6. The predicted octanol–water partition coefficient (Wildman–Crippen LogP) is -3.90. The van der Waals surface area contributed by atoms with Gasteiger partial charge in [0.2, 0.25) is 17.6 Å². The molecule has 1 aromatic carbocycles. The number of rotatable bonds is 4. The van der Waals surface area contributed by atoms with Crippen molar-refractivity contribution >= 4 is 35.5 Å². The van der Waals surface area contributed by atoms with Crippen molar-refractivity contribution in [1.29, 1.82) is 0 Å². The average molecular weight is 540 g/mol. The molecule has 4 heterocycles. The molecule has 14 nitrogen and oxygen atoms in total. The number of amides is 4. The predicted molar refractivity (Wildman–Crippen MR) is 122 cm³/mol. The number of imide groups is 1. The minimum atomic E-state index is -4.63. The van der Waals surface area contributed by atoms with E-state index in [0.717, 1.165) is 23.1 Å². The van der Waals surface area contributed by atoms with E-state index in [1.165, 1.54) is 11.0 Å². The van der Waals surface area contributed by atoms with Gasteiger partial charge in [0, 0.05) is 18.5 Å². The Morgan fingerprint density at radius 1 is 1.24 bits per heavy atom. The largest absolute Gasteiger partial charge is 0.416 e. The maximum atomic E-state index is 13.0. The van der Waals surface area contributed by atoms with Gasteiger partial charge in [-0.25, -0.2) is 15.1 Å². The van der Waals surface area contributed by atoms with Crippen LogP contribution in [0.3, 0.4) is 0 Å². The van der Waals surface area contributed by atoms with Gasteiger partial charge in [-0.05, 0) is 18.2 Å². The van der Waals surface area contributed by atoms with Crippen LogP contribution in [0.15, 0.2) is 29.3 Å². The number of benzene rings is 1. The zero-order valence-electron chi connectivity index (χ0n) is 19.6. The number of halogens is 3. The number of alkyl halides is 3. The molecule has 4 amide bonds. The SMILES string of the molecule is NC1=N[C@@H](CN2C(=O)CCC2=O)[C@@H]2[NH+]=C(N)N[C@]23N1C[C@H](NC(=O)Nc1cccc(C(F)(F)F)c1)C3(O)O. The van der Waals surface area contributed by atoms with E-state index >= 15 is 0 Å². The van der Waals surface area contributed by atoms with E-state index in [1.807, 2.05) is 0 Å². The van der Waals surface area contributed by atoms with Crippen molar-refractivity contribution in [3.8, 4) is 0 Å². The number of anilines is 1. The lowest BCUT2D eigenvalue weighted by molar-refractivity contribution is -0.521. The molecule has 4 aliphatic rings. The Kier molecular flexibility index (Phi) is 5.68. The van der Waals surface area contributed by atoms with Gasteiger partial charge in [-0.1, -0.05) is 6.07 Å². The van der Waals surface area contributed by atoms with E-state index in [9.17, 15) is 37.8 Å². The Hall–Kier alpha value is -4.12. The second-order valence-corrected chi connectivity index (χ2v) is 9.45. The van der Waals surface area contributed by atoms with Crippen molar-refractivity contribution in [2.45, 2.75) is 48.6 Å². The number of nitrogens with two attached hydrogens (primary N) is 2. The lowest BCUT2D eigenvalue weighted by atomic mass is 9.85. The Morgan fingerprint density at radius 3 is 2.58 bits per heavy atom. The monoisotopic (exact) mass is 540 g/mol. The summed E-state index contributed by atoms with van der Waals surface area (Å²) in [6, 6.07) is -0.513. The fourth-order valence-electron chi connectivity index (χ4n) is 5.43. The molecule has 0 bridgehead atoms. The fourth-order valence-corrected chi connectivity index (χ4v) is 5.43. The van der Waals surface area contributed by atoms with Crippen LogP contribution in [0.2, 0.25) is 0 Å². The van der Waals surface area contributed by atoms with Gasteiger partial charge in [-0.3, -0.25) is 30.1 Å². The molecule has 0 saturated carbocycles. The minimum absolute atomic E-state index is 0.0452. The zero-order valence-corrected chi connectivity index (χ0v) is 19.6. The first-order chi connectivity index (χ1) is 17.7. The summed E-state index contributed by atoms with van der Waals surface area (Å²) in [5, 5.41) is 30.1. The first kappa shape index (κ1) is 25.5. The lowest BCUT2D eigenvalue weighted by Crippen LogP contribution is -2.90. The van der Waals surface area contributed by atoms with Gasteiger partial charge in [0.05, 0.1) is 18.7 Å². The smallest absolute Gasteiger partial charge is 0.370 e. The number of urea groups is 1. The van der Waals surface area contributed by atoms with Crippen LogP contribution in [-0.2, 0) is 15.8 Å². The molecule has 5 rings (SSSR count). The third-order valence-electron chi connectivity index (χ3n) is 7.16. The molecule has 0 aliphatic carbocycles. The Bertz CT molecular complexity index is 1250. The average Bonchev–Trinajstić information content (AvgIpc) is 3.41. The normalized spacial score (nSPS) is 29.9. The third kappa shape index (κ3) is 3.85. The van der Waals surface area contributed by atoms with Crippen molar-refractivity contribution < 1.29 is 42.8 Å². The van der Waals surface area contributed by atoms with Crippen molar-refractivity contribution in [3.05, 3.63) is 29.8 Å². The van der Waals surface area contributed by atoms with Gasteiger partial charge < -0.3 is 26.6 Å². The number of carbonyl (C=O) groups excluding carboxylic acids is 3. The molecule has 1 aromatic rings. The molecular formula is C21H25F3N9O5+. The molecule has 4 atom stereocenters. The molecule has 10 N–H and O–H groups in total. The van der Waals surface area contributed by atoms with Crippen LogP contribution >= 0.6 is 0 Å². The summed E-state index contributed by atoms with van der Waals surface area (Å²) in [4.78, 5) is 46.5. The quantitative estimate of drug-likeness (QED) is 0.138. The van der Waals surface area contributed by atoms with E-state index < -0.39 is 59.2 Å². The summed E-state index contributed by atoms with van der Waals surface area (Å²) in [6.07, 6.45) is -4.54. The van der Waals surface area contributed by atoms with Crippen LogP contribution in [-0.4, -0.2) is 92.4 Å². The van der Waals surface area contributed by atoms with Crippen LogP contribution in [0, 0.1) is 0 Å². The molecule has 1 spiro atoms. The second-order valence-electron chi connectivity index (χ2n) is 9.45. The fraction of sp³-hybridized carbons (Fsp3) is 0.476. The second kappa shape index (κ2) is 8.45. The highest BCUT2D eigenvalue weighted by Gasteiger charge is 2.76. The Morgan fingerprint density at radius 2 is 1.92 bits per heavy atom. The van der Waals surface area contributed by atoms with Crippen molar-refractivity contribution in [2.24, 2.45) is 16.5 Å². The van der Waals surface area contributed by atoms with Gasteiger partial charge >= 0.3 is 18.2 Å². The molecule has 17 heteroatoms. The molecule has 0 unspecified atom stereocenters. The summed E-state index contributed by atoms with van der Waals surface area (Å²) >= 11 is 0. The first-order valence-corrected chi connectivity index (χ1v) is 11.5. The highest BCUT2D eigenvalue weighted by atomic mass is 19.4. The van der Waals surface area contributed by atoms with Gasteiger partial charge in [0.15, 0.2) is 12.0 Å². The molecule has 2 saturated heterocycles. The molecule has 204 valence electrons. The van der Waals surface area contributed by atoms with Gasteiger partial charge in [-0.2, -0.15) is 13.2 Å². The van der Waals surface area contributed by atoms with Gasteiger partial charge in [0.1, 0.15) is 12.1 Å². The minimum Gasteiger partial charge on any atom is -0.370 e. The van der Waals surface area contributed by atoms with Crippen molar-refractivity contribution in [3.63, 3.8) is 0 Å². The first-order valence-electron chi connectivity index (χ1n) is 11.5. The molecule has 0 aromatic heterocycles. The summed E-state index contributed by atoms with van der Waals surface area (Å²) in [7, 11) is 0. The van der Waals surface area contributed by atoms with E-state index in [-0.39, 0.29) is 43.5 Å². The molecule has 0 radical (unpaired) electrons. The summed E-state index contributed by atoms with van der Waals surface area (Å²) < 4.78 is 39.0. The number of carbonyl (C=O) groups is 3. The lowest BCUT2D eigenvalue weighted by Gasteiger charge is -2.46. The van der Waals surface area contributed by atoms with Crippen molar-refractivity contribution in [2.75, 3.05) is 18.4 Å². The van der Waals surface area contributed by atoms with Crippen LogP contribution in [0.25, 0.3) is 0 Å². The van der Waals surface area contributed by atoms with Crippen molar-refractivity contribution in [1.82, 2.24) is 20.4 Å². The summed E-state index contributed by atoms with van der Waals surface area (Å²) in [6.45, 7) is -0.490. The maximum Gasteiger partial charge on any atom is 0.416 e. The number of aliphatic imine (C=N–C) groups is 1. The van der Waals surface area contributed by atoms with Crippen LogP contribution in [0.5, 0.6) is 0 Å². The van der Waals surface area contributed by atoms with Gasteiger partial charge in [0.25, 0.3) is 5.66 Å². The number of aliphatic hydroxyl groups is 2. The number of hydrogen-bond acceptors (Lipinski definition) is 10. The van der Waals surface area contributed by atoms with Crippen LogP contribution < -0.4 is 32.4 Å². The van der Waals surface area contributed by atoms with Crippen LogP contribution in [0.1, 0.15) is 18.4 Å². The van der Waals surface area contributed by atoms with E-state index in [0.29, 0.717) is 0 Å². The number of likely N-dealkylation sites (tertiary alicyclic amines) is 1. The summed E-state index contributed by atoms with van der Waals surface area (Å²) in [5.41, 5.74) is 9.07. The highest BCUT2D eigenvalue weighted by molar-refractivity contribution is 6.02. The standard InChI is InChI=1S/C21H24F3N9O5/c22-21(23,24)9-2-1-3-10(6-9)27-18(36)29-12-8-33-17(26)28-11(7-32-13(34)4-5-14(32)35)15-19(33,20(12,37)38)31-16(25)30-15/h1-3,6,11-12,15,37-38H,4-5,7-8H2,(H2,26,28)(H3,25,30,31)(H2,27,29,36)/p+1/t11-,12-,15-,19-/m0/s1. The number of nitrogens with one attached hydrogen (secondary N) is 4. The molecule has 38 heavy (non-hydrogen) atoms. The number of nitrogens with zero attached hydrogens (tertiary/aromatic N) is 3. The molecule has 2 fully saturated rings. The molecular weight excluding hydrogens is 515 g/mol. The van der Waals surface area contributed by atoms with E-state index in [1.54, 1.807) is 0 Å². The van der Waals surface area contributed by atoms with Gasteiger partial charge in [-0.15, -0.1) is 0 Å². The summed E-state index contributed by atoms with van der Waals surface area (Å²) in [5.74, 6) is -3.84. The van der Waals surface area contributed by atoms with Crippen LogP contribution in [0.4, 0.5) is 23.7 Å². The Balaban J connectivity index is 1.39. The third-order valence-corrected chi connectivity index (χ3v) is 7.16. The Labute approximate surface area is 212 Å². The molecule has 4 aliphatic heterocycles. The number of hydrogen-bond donors (Lipinski definition) is 8.